The van der Waals surface area contributed by atoms with Crippen LogP contribution in [0.15, 0.2) is 15.3 Å². The number of hydrogen-bond donors (Lipinski definition) is 1. The number of rotatable bonds is 0. The largest absolute Gasteiger partial charge is 0.486 e. The fraction of sp³-hybridized carbons (Fsp3) is 0.654. The minimum atomic E-state index is -0.533. The lowest BCUT2D eigenvalue weighted by molar-refractivity contribution is -0.0567. The van der Waals surface area contributed by atoms with Crippen molar-refractivity contribution < 1.29 is 14.3 Å². The van der Waals surface area contributed by atoms with E-state index in [0.29, 0.717) is 23.3 Å². The van der Waals surface area contributed by atoms with Gasteiger partial charge in [0.05, 0.1) is 6.10 Å². The topological polar surface area (TPSA) is 59.7 Å². The Hall–Kier alpha value is -1.81. The van der Waals surface area contributed by atoms with Crippen molar-refractivity contribution in [3.63, 3.8) is 0 Å². The summed E-state index contributed by atoms with van der Waals surface area (Å²) in [5.41, 5.74) is 4.13. The van der Waals surface area contributed by atoms with Crippen LogP contribution in [0, 0.1) is 18.3 Å². The third kappa shape index (κ3) is 3.10. The summed E-state index contributed by atoms with van der Waals surface area (Å²) in [7, 11) is 0. The average Bonchev–Trinajstić information content (AvgIpc) is 2.70. The van der Waals surface area contributed by atoms with Crippen LogP contribution in [0.5, 0.6) is 5.75 Å². The van der Waals surface area contributed by atoms with Gasteiger partial charge in [-0.1, -0.05) is 20.8 Å². The highest BCUT2D eigenvalue weighted by atomic mass is 16.5. The molecule has 4 heteroatoms. The standard InChI is InChI=1S/C26H34O4/c1-15-22-19(17-7-5-6-8-18(17)24(28)29-22)13-20-21(27)14-26(30-23(15)20)11-9-16(10-12-26)25(2,3)4/h13,16,21,27H,5-12,14H2,1-4H3. The smallest absolute Gasteiger partial charge is 0.339 e. The van der Waals surface area contributed by atoms with Gasteiger partial charge in [-0.05, 0) is 81.3 Å². The van der Waals surface area contributed by atoms with E-state index < -0.39 is 6.10 Å². The molecule has 4 nitrogen and oxygen atoms in total. The molecule has 1 aromatic carbocycles. The Labute approximate surface area is 178 Å². The van der Waals surface area contributed by atoms with E-state index in [2.05, 4.69) is 20.8 Å². The Kier molecular flexibility index (Phi) is 4.59. The van der Waals surface area contributed by atoms with E-state index in [1.807, 2.05) is 13.0 Å². The molecule has 0 amide bonds. The van der Waals surface area contributed by atoms with Crippen molar-refractivity contribution in [1.82, 2.24) is 0 Å². The van der Waals surface area contributed by atoms with Crippen LogP contribution in [-0.2, 0) is 12.8 Å². The van der Waals surface area contributed by atoms with Crippen molar-refractivity contribution in [1.29, 1.82) is 0 Å². The molecule has 0 bridgehead atoms. The monoisotopic (exact) mass is 410 g/mol. The third-order valence-electron chi connectivity index (χ3n) is 8.09. The van der Waals surface area contributed by atoms with E-state index in [4.69, 9.17) is 9.15 Å². The molecule has 1 spiro atoms. The van der Waals surface area contributed by atoms with E-state index in [0.717, 1.165) is 84.8 Å². The molecular weight excluding hydrogens is 376 g/mol. The zero-order chi connectivity index (χ0) is 21.3. The Morgan fingerprint density at radius 1 is 1.10 bits per heavy atom. The fourth-order valence-corrected chi connectivity index (χ4v) is 6.17. The number of ether oxygens (including phenoxy) is 1. The summed E-state index contributed by atoms with van der Waals surface area (Å²) in [5.74, 6) is 1.43. The van der Waals surface area contributed by atoms with Crippen LogP contribution < -0.4 is 10.4 Å². The van der Waals surface area contributed by atoms with Crippen LogP contribution in [0.25, 0.3) is 11.0 Å². The zero-order valence-corrected chi connectivity index (χ0v) is 18.8. The van der Waals surface area contributed by atoms with Gasteiger partial charge in [-0.2, -0.15) is 0 Å². The molecule has 1 fully saturated rings. The maximum Gasteiger partial charge on any atom is 0.339 e. The number of benzene rings is 1. The van der Waals surface area contributed by atoms with Crippen LogP contribution in [-0.4, -0.2) is 10.7 Å². The van der Waals surface area contributed by atoms with Crippen molar-refractivity contribution in [3.05, 3.63) is 38.7 Å². The molecule has 0 radical (unpaired) electrons. The number of aliphatic hydroxyl groups excluding tert-OH is 1. The maximum atomic E-state index is 12.6. The van der Waals surface area contributed by atoms with Crippen molar-refractivity contribution in [2.24, 2.45) is 11.3 Å². The summed E-state index contributed by atoms with van der Waals surface area (Å²) in [4.78, 5) is 12.6. The van der Waals surface area contributed by atoms with E-state index in [9.17, 15) is 9.90 Å². The first kappa shape index (κ1) is 20.1. The van der Waals surface area contributed by atoms with Crippen LogP contribution >= 0.6 is 0 Å². The van der Waals surface area contributed by atoms with Crippen molar-refractivity contribution in [3.8, 4) is 5.75 Å². The molecule has 2 heterocycles. The van der Waals surface area contributed by atoms with Gasteiger partial charge in [0.15, 0.2) is 0 Å². The molecule has 1 aromatic heterocycles. The van der Waals surface area contributed by atoms with Gasteiger partial charge in [0.2, 0.25) is 0 Å². The molecule has 30 heavy (non-hydrogen) atoms. The molecule has 0 saturated heterocycles. The highest BCUT2D eigenvalue weighted by Crippen LogP contribution is 2.52. The van der Waals surface area contributed by atoms with E-state index in [1.54, 1.807) is 0 Å². The van der Waals surface area contributed by atoms with Crippen LogP contribution in [0.2, 0.25) is 0 Å². The zero-order valence-electron chi connectivity index (χ0n) is 18.8. The summed E-state index contributed by atoms with van der Waals surface area (Å²) in [6.07, 6.45) is 8.15. The van der Waals surface area contributed by atoms with Gasteiger partial charge in [0.25, 0.3) is 0 Å². The van der Waals surface area contributed by atoms with Crippen LogP contribution in [0.3, 0.4) is 0 Å². The SMILES string of the molecule is Cc1c2c(cc3c4c(c(=O)oc13)CCCC4)C(O)CC1(CCC(C(C)(C)C)CC1)O2. The molecule has 2 aliphatic carbocycles. The molecule has 1 atom stereocenters. The Bertz CT molecular complexity index is 1050. The quantitative estimate of drug-likeness (QED) is 0.560. The molecule has 3 aliphatic rings. The van der Waals surface area contributed by atoms with Gasteiger partial charge in [-0.3, -0.25) is 0 Å². The van der Waals surface area contributed by atoms with Gasteiger partial charge in [-0.15, -0.1) is 0 Å². The Balaban J connectivity index is 1.57. The molecule has 1 aliphatic heterocycles. The third-order valence-corrected chi connectivity index (χ3v) is 8.09. The van der Waals surface area contributed by atoms with Gasteiger partial charge in [0, 0.05) is 28.5 Å². The number of aryl methyl sites for hydroxylation is 2. The average molecular weight is 411 g/mol. The first-order valence-corrected chi connectivity index (χ1v) is 11.7. The number of hydrogen-bond acceptors (Lipinski definition) is 4. The second-order valence-electron chi connectivity index (χ2n) is 11.0. The van der Waals surface area contributed by atoms with E-state index >= 15 is 0 Å². The molecule has 162 valence electrons. The second kappa shape index (κ2) is 6.85. The summed E-state index contributed by atoms with van der Waals surface area (Å²) in [6.45, 7) is 8.94. The predicted octanol–water partition coefficient (Wildman–Crippen LogP) is 5.77. The highest BCUT2D eigenvalue weighted by molar-refractivity contribution is 5.87. The first-order valence-electron chi connectivity index (χ1n) is 11.7. The maximum absolute atomic E-state index is 12.6. The summed E-state index contributed by atoms with van der Waals surface area (Å²) >= 11 is 0. The Morgan fingerprint density at radius 2 is 1.77 bits per heavy atom. The summed E-state index contributed by atoms with van der Waals surface area (Å²) in [6, 6.07) is 2.04. The van der Waals surface area contributed by atoms with Crippen molar-refractivity contribution in [2.45, 2.75) is 97.2 Å². The molecule has 5 rings (SSSR count). The summed E-state index contributed by atoms with van der Waals surface area (Å²) < 4.78 is 12.5. The van der Waals surface area contributed by atoms with Gasteiger partial charge < -0.3 is 14.3 Å². The lowest BCUT2D eigenvalue weighted by Gasteiger charge is -2.47. The van der Waals surface area contributed by atoms with Crippen molar-refractivity contribution >= 4 is 11.0 Å². The van der Waals surface area contributed by atoms with E-state index in [-0.39, 0.29) is 11.2 Å². The Morgan fingerprint density at radius 3 is 2.43 bits per heavy atom. The van der Waals surface area contributed by atoms with Gasteiger partial charge in [-0.25, -0.2) is 4.79 Å². The molecule has 2 aromatic rings. The lowest BCUT2D eigenvalue weighted by Crippen LogP contribution is -2.45. The molecule has 1 unspecified atom stereocenters. The number of aliphatic hydroxyl groups is 1. The highest BCUT2D eigenvalue weighted by Gasteiger charge is 2.45. The number of fused-ring (bicyclic) bond motifs is 4. The van der Waals surface area contributed by atoms with Crippen molar-refractivity contribution in [2.75, 3.05) is 0 Å². The first-order chi connectivity index (χ1) is 14.2. The normalized spacial score (nSPS) is 28.8. The van der Waals surface area contributed by atoms with Gasteiger partial charge >= 0.3 is 5.63 Å². The molecule has 1 saturated carbocycles. The fourth-order valence-electron chi connectivity index (χ4n) is 6.17. The molecule has 1 N–H and O–H groups in total. The van der Waals surface area contributed by atoms with Crippen LogP contribution in [0.4, 0.5) is 0 Å². The lowest BCUT2D eigenvalue weighted by atomic mass is 9.66. The minimum absolute atomic E-state index is 0.197. The molecular formula is C26H34O4. The van der Waals surface area contributed by atoms with E-state index in [1.165, 1.54) is 0 Å². The summed E-state index contributed by atoms with van der Waals surface area (Å²) in [5, 5.41) is 12.2. The minimum Gasteiger partial charge on any atom is -0.486 e. The van der Waals surface area contributed by atoms with Gasteiger partial charge in [0.1, 0.15) is 16.9 Å². The second-order valence-corrected chi connectivity index (χ2v) is 11.0. The predicted molar refractivity (Wildman–Crippen MR) is 118 cm³/mol. The van der Waals surface area contributed by atoms with Crippen LogP contribution in [0.1, 0.15) is 94.1 Å².